The van der Waals surface area contributed by atoms with Gasteiger partial charge in [0.2, 0.25) is 0 Å². The van der Waals surface area contributed by atoms with Gasteiger partial charge in [0, 0.05) is 31.3 Å². The number of ketones is 1. The predicted molar refractivity (Wildman–Crippen MR) is 110 cm³/mol. The first-order chi connectivity index (χ1) is 13.7. The summed E-state index contributed by atoms with van der Waals surface area (Å²) >= 11 is 0. The zero-order valence-corrected chi connectivity index (χ0v) is 16.7. The Balaban J connectivity index is 1.67. The normalized spacial score (nSPS) is 21.4. The number of unbranched alkanes of at least 4 members (excludes halogenated alkanes) is 4. The highest BCUT2D eigenvalue weighted by Gasteiger charge is 2.22. The molecule has 28 heavy (non-hydrogen) atoms. The van der Waals surface area contributed by atoms with Crippen molar-refractivity contribution in [1.82, 2.24) is 0 Å². The monoisotopic (exact) mass is 390 g/mol. The number of hydrogen-bond acceptors (Lipinski definition) is 5. The van der Waals surface area contributed by atoms with Crippen LogP contribution in [0.3, 0.4) is 0 Å². The fourth-order valence-corrected chi connectivity index (χ4v) is 3.23. The summed E-state index contributed by atoms with van der Waals surface area (Å²) in [6.45, 7) is 1.80. The molecule has 2 N–H and O–H groups in total. The average molecular weight is 391 g/mol. The van der Waals surface area contributed by atoms with Gasteiger partial charge in [-0.05, 0) is 63.5 Å². The minimum absolute atomic E-state index is 0.0401. The molecule has 0 radical (unpaired) electrons. The van der Waals surface area contributed by atoms with Crippen molar-refractivity contribution in [3.63, 3.8) is 0 Å². The summed E-state index contributed by atoms with van der Waals surface area (Å²) in [7, 11) is 0. The summed E-state index contributed by atoms with van der Waals surface area (Å²) in [5, 5.41) is 17.5. The molecule has 0 bridgehead atoms. The van der Waals surface area contributed by atoms with Crippen molar-refractivity contribution in [2.24, 2.45) is 5.92 Å². The standard InChI is InChI=1S/C23H34O5/c24-15-3-1-5-17-27-21-11-7-19(8-12-21)23(26)20-9-13-22(14-10-20)28-18-6-2-4-16-25/h7-9,11,13-14,20-21,24-25H,1-6,10,12,15-18H2. The van der Waals surface area contributed by atoms with E-state index < -0.39 is 0 Å². The van der Waals surface area contributed by atoms with Gasteiger partial charge in [-0.15, -0.1) is 0 Å². The molecule has 0 spiro atoms. The number of allylic oxidation sites excluding steroid dienone is 5. The predicted octanol–water partition coefficient (Wildman–Crippen LogP) is 3.63. The molecule has 2 aliphatic carbocycles. The highest BCUT2D eigenvalue weighted by molar-refractivity contribution is 6.01. The third-order valence-electron chi connectivity index (χ3n) is 4.95. The van der Waals surface area contributed by atoms with Crippen LogP contribution in [0.4, 0.5) is 0 Å². The van der Waals surface area contributed by atoms with E-state index in [-0.39, 0.29) is 31.0 Å². The van der Waals surface area contributed by atoms with E-state index in [0.717, 1.165) is 56.3 Å². The molecule has 2 unspecified atom stereocenters. The highest BCUT2D eigenvalue weighted by Crippen LogP contribution is 2.24. The SMILES string of the molecule is O=C(C1=CCC(OCCCCCO)C=C1)C1C=CC(OCCCCCO)=CC1. The molecule has 5 nitrogen and oxygen atoms in total. The number of aliphatic hydroxyl groups excluding tert-OH is 2. The van der Waals surface area contributed by atoms with Crippen LogP contribution in [0, 0.1) is 5.92 Å². The Bertz CT molecular complexity index is 588. The Kier molecular flexibility index (Phi) is 10.9. The fourth-order valence-electron chi connectivity index (χ4n) is 3.23. The second kappa shape index (κ2) is 13.5. The minimum Gasteiger partial charge on any atom is -0.494 e. The maximum atomic E-state index is 12.7. The molecule has 2 atom stereocenters. The first-order valence-electron chi connectivity index (χ1n) is 10.5. The molecule has 0 aromatic heterocycles. The van der Waals surface area contributed by atoms with E-state index in [1.165, 1.54) is 0 Å². The van der Waals surface area contributed by atoms with Crippen molar-refractivity contribution in [2.45, 2.75) is 57.5 Å². The second-order valence-electron chi connectivity index (χ2n) is 7.25. The van der Waals surface area contributed by atoms with E-state index in [4.69, 9.17) is 19.7 Å². The number of carbonyl (C=O) groups excluding carboxylic acids is 1. The van der Waals surface area contributed by atoms with Gasteiger partial charge < -0.3 is 19.7 Å². The lowest BCUT2D eigenvalue weighted by molar-refractivity contribution is -0.117. The van der Waals surface area contributed by atoms with Gasteiger partial charge in [-0.3, -0.25) is 4.79 Å². The number of hydrogen-bond donors (Lipinski definition) is 2. The van der Waals surface area contributed by atoms with Crippen LogP contribution < -0.4 is 0 Å². The topological polar surface area (TPSA) is 76.0 Å². The molecular formula is C23H34O5. The van der Waals surface area contributed by atoms with Crippen LogP contribution in [0.2, 0.25) is 0 Å². The van der Waals surface area contributed by atoms with Crippen LogP contribution in [-0.2, 0) is 14.3 Å². The molecule has 2 aliphatic rings. The Morgan fingerprint density at radius 1 is 0.893 bits per heavy atom. The van der Waals surface area contributed by atoms with Crippen LogP contribution in [0.5, 0.6) is 0 Å². The van der Waals surface area contributed by atoms with Crippen molar-refractivity contribution in [3.8, 4) is 0 Å². The summed E-state index contributed by atoms with van der Waals surface area (Å²) in [5.74, 6) is 0.844. The Labute approximate surface area is 168 Å². The van der Waals surface area contributed by atoms with Crippen molar-refractivity contribution >= 4 is 5.78 Å². The maximum Gasteiger partial charge on any atom is 0.169 e. The lowest BCUT2D eigenvalue weighted by Gasteiger charge is -2.20. The van der Waals surface area contributed by atoms with E-state index in [1.54, 1.807) is 0 Å². The van der Waals surface area contributed by atoms with Crippen LogP contribution in [0.25, 0.3) is 0 Å². The molecule has 0 aliphatic heterocycles. The summed E-state index contributed by atoms with van der Waals surface area (Å²) < 4.78 is 11.5. The molecule has 0 saturated carbocycles. The smallest absolute Gasteiger partial charge is 0.169 e. The first-order valence-corrected chi connectivity index (χ1v) is 10.5. The van der Waals surface area contributed by atoms with E-state index >= 15 is 0 Å². The summed E-state index contributed by atoms with van der Waals surface area (Å²) in [6.07, 6.45) is 18.5. The number of aliphatic hydroxyl groups is 2. The molecule has 0 fully saturated rings. The van der Waals surface area contributed by atoms with Crippen molar-refractivity contribution in [2.75, 3.05) is 26.4 Å². The number of ether oxygens (including phenoxy) is 2. The van der Waals surface area contributed by atoms with E-state index in [9.17, 15) is 4.79 Å². The van der Waals surface area contributed by atoms with Gasteiger partial charge in [0.25, 0.3) is 0 Å². The Morgan fingerprint density at radius 2 is 1.64 bits per heavy atom. The van der Waals surface area contributed by atoms with E-state index in [2.05, 4.69) is 0 Å². The zero-order chi connectivity index (χ0) is 20.0. The van der Waals surface area contributed by atoms with Crippen molar-refractivity contribution in [3.05, 3.63) is 47.8 Å². The zero-order valence-electron chi connectivity index (χ0n) is 16.7. The number of carbonyl (C=O) groups is 1. The fraction of sp³-hybridized carbons (Fsp3) is 0.609. The van der Waals surface area contributed by atoms with E-state index in [0.29, 0.717) is 19.6 Å². The van der Waals surface area contributed by atoms with Gasteiger partial charge in [-0.1, -0.05) is 24.3 Å². The van der Waals surface area contributed by atoms with Crippen molar-refractivity contribution < 1.29 is 24.5 Å². The lowest BCUT2D eigenvalue weighted by atomic mass is 9.89. The molecule has 156 valence electrons. The van der Waals surface area contributed by atoms with Gasteiger partial charge in [0.05, 0.1) is 12.7 Å². The molecular weight excluding hydrogens is 356 g/mol. The van der Waals surface area contributed by atoms with Crippen LogP contribution in [0.1, 0.15) is 51.4 Å². The lowest BCUT2D eigenvalue weighted by Crippen LogP contribution is -2.19. The van der Waals surface area contributed by atoms with Gasteiger partial charge in [-0.2, -0.15) is 0 Å². The largest absolute Gasteiger partial charge is 0.494 e. The number of rotatable bonds is 14. The number of Topliss-reactive ketones (excluding diaryl/α,β-unsaturated/α-hetero) is 1. The molecule has 0 saturated heterocycles. The Hall–Kier alpha value is -1.69. The third-order valence-corrected chi connectivity index (χ3v) is 4.95. The summed E-state index contributed by atoms with van der Waals surface area (Å²) in [6, 6.07) is 0. The van der Waals surface area contributed by atoms with Gasteiger partial charge in [-0.25, -0.2) is 0 Å². The Morgan fingerprint density at radius 3 is 2.25 bits per heavy atom. The maximum absolute atomic E-state index is 12.7. The summed E-state index contributed by atoms with van der Waals surface area (Å²) in [5.41, 5.74) is 0.761. The van der Waals surface area contributed by atoms with Gasteiger partial charge in [0.1, 0.15) is 5.76 Å². The van der Waals surface area contributed by atoms with Gasteiger partial charge in [0.15, 0.2) is 5.78 Å². The second-order valence-corrected chi connectivity index (χ2v) is 7.25. The molecule has 0 aromatic rings. The van der Waals surface area contributed by atoms with Crippen LogP contribution in [0.15, 0.2) is 47.8 Å². The average Bonchev–Trinajstić information content (AvgIpc) is 2.74. The van der Waals surface area contributed by atoms with Crippen molar-refractivity contribution in [1.29, 1.82) is 0 Å². The quantitative estimate of drug-likeness (QED) is 0.443. The van der Waals surface area contributed by atoms with E-state index in [1.807, 2.05) is 36.5 Å². The minimum atomic E-state index is -0.131. The first kappa shape index (κ1) is 22.6. The molecule has 5 heteroatoms. The van der Waals surface area contributed by atoms with Crippen LogP contribution >= 0.6 is 0 Å². The molecule has 0 amide bonds. The van der Waals surface area contributed by atoms with Gasteiger partial charge >= 0.3 is 0 Å². The molecule has 0 aromatic carbocycles. The van der Waals surface area contributed by atoms with Crippen LogP contribution in [-0.4, -0.2) is 48.5 Å². The highest BCUT2D eigenvalue weighted by atomic mass is 16.5. The summed E-state index contributed by atoms with van der Waals surface area (Å²) in [4.78, 5) is 12.7. The third kappa shape index (κ3) is 8.13. The molecule has 2 rings (SSSR count). The molecule has 0 heterocycles.